The summed E-state index contributed by atoms with van der Waals surface area (Å²) in [6, 6.07) is 3.57. The number of sulfonamides is 1. The zero-order valence-corrected chi connectivity index (χ0v) is 19.9. The van der Waals surface area contributed by atoms with E-state index in [9.17, 15) is 13.2 Å². The summed E-state index contributed by atoms with van der Waals surface area (Å²) in [6.07, 6.45) is 1.29. The second-order valence-corrected chi connectivity index (χ2v) is 11.4. The third-order valence-electron chi connectivity index (χ3n) is 3.69. The number of carbonyl (C=O) groups excluding carboxylic acids is 1. The van der Waals surface area contributed by atoms with E-state index >= 15 is 0 Å². The highest BCUT2D eigenvalue weighted by molar-refractivity contribution is 8.01. The number of aromatic nitrogens is 2. The van der Waals surface area contributed by atoms with Gasteiger partial charge in [-0.15, -0.1) is 10.2 Å². The number of amides is 1. The lowest BCUT2D eigenvalue weighted by molar-refractivity contribution is -0.117. The Morgan fingerprint density at radius 1 is 1.38 bits per heavy atom. The first-order chi connectivity index (χ1) is 13.6. The van der Waals surface area contributed by atoms with Gasteiger partial charge in [0.2, 0.25) is 21.1 Å². The van der Waals surface area contributed by atoms with Crippen LogP contribution in [0.1, 0.15) is 27.2 Å². The predicted molar refractivity (Wildman–Crippen MR) is 119 cm³/mol. The maximum Gasteiger partial charge on any atom is 0.250 e. The van der Waals surface area contributed by atoms with Crippen LogP contribution < -0.4 is 14.4 Å². The van der Waals surface area contributed by atoms with Crippen molar-refractivity contribution in [3.63, 3.8) is 0 Å². The van der Waals surface area contributed by atoms with Crippen LogP contribution >= 0.6 is 34.7 Å². The summed E-state index contributed by atoms with van der Waals surface area (Å²) in [6.45, 7) is 5.79. The number of ether oxygens (including phenoxy) is 1. The quantitative estimate of drug-likeness (QED) is 0.431. The van der Waals surface area contributed by atoms with E-state index in [1.807, 2.05) is 13.8 Å². The maximum absolute atomic E-state index is 12.9. The van der Waals surface area contributed by atoms with Gasteiger partial charge >= 0.3 is 0 Å². The summed E-state index contributed by atoms with van der Waals surface area (Å²) >= 11 is 8.94. The molecule has 2 rings (SSSR count). The van der Waals surface area contributed by atoms with Gasteiger partial charge in [-0.1, -0.05) is 55.5 Å². The average Bonchev–Trinajstić information content (AvgIpc) is 3.04. The lowest BCUT2D eigenvalue weighted by Crippen LogP contribution is -2.47. The van der Waals surface area contributed by atoms with Crippen LogP contribution in [-0.4, -0.2) is 49.2 Å². The first-order valence-electron chi connectivity index (χ1n) is 8.70. The Morgan fingerprint density at radius 2 is 2.07 bits per heavy atom. The fraction of sp³-hybridized carbons (Fsp3) is 0.471. The fourth-order valence-corrected chi connectivity index (χ4v) is 5.98. The largest absolute Gasteiger partial charge is 0.495 e. The zero-order chi connectivity index (χ0) is 21.8. The molecule has 0 bridgehead atoms. The Kier molecular flexibility index (Phi) is 8.15. The molecule has 0 saturated carbocycles. The molecule has 1 aromatic carbocycles. The van der Waals surface area contributed by atoms with E-state index < -0.39 is 22.0 Å². The topological polar surface area (TPSA) is 101 Å². The minimum Gasteiger partial charge on any atom is -0.495 e. The molecule has 2 aromatic rings. The summed E-state index contributed by atoms with van der Waals surface area (Å²) in [5.41, 5.74) is 0.272. The van der Waals surface area contributed by atoms with Crippen molar-refractivity contribution in [2.75, 3.05) is 23.0 Å². The first-order valence-corrected chi connectivity index (χ1v) is 12.6. The van der Waals surface area contributed by atoms with Crippen molar-refractivity contribution < 1.29 is 17.9 Å². The van der Waals surface area contributed by atoms with Crippen LogP contribution in [0, 0.1) is 0 Å². The predicted octanol–water partition coefficient (Wildman–Crippen LogP) is 3.88. The van der Waals surface area contributed by atoms with Crippen LogP contribution in [0.2, 0.25) is 5.02 Å². The molecule has 1 amide bonds. The molecule has 0 aliphatic carbocycles. The summed E-state index contributed by atoms with van der Waals surface area (Å²) in [7, 11) is -2.31. The smallest absolute Gasteiger partial charge is 0.250 e. The molecule has 0 aliphatic heterocycles. The Hall–Kier alpha value is -1.56. The number of nitrogens with zero attached hydrogens (tertiary/aromatic N) is 3. The van der Waals surface area contributed by atoms with Crippen LogP contribution in [-0.2, 0) is 14.8 Å². The van der Waals surface area contributed by atoms with Crippen molar-refractivity contribution in [2.45, 2.75) is 42.8 Å². The van der Waals surface area contributed by atoms with Crippen LogP contribution in [0.15, 0.2) is 22.5 Å². The normalized spacial score (nSPS) is 12.7. The van der Waals surface area contributed by atoms with E-state index in [-0.39, 0.29) is 17.1 Å². The van der Waals surface area contributed by atoms with Gasteiger partial charge in [-0.25, -0.2) is 8.42 Å². The monoisotopic (exact) mass is 478 g/mol. The van der Waals surface area contributed by atoms with E-state index in [1.165, 1.54) is 36.3 Å². The molecule has 0 aliphatic rings. The standard InChI is InChI=1S/C17H23ClN4O4S3/c1-6-13(15(23)19-16-20-21-17(28-16)27-10(2)3)22(29(5,24)25)11-7-8-14(26-4)12(18)9-11/h7-10,13H,6H2,1-5H3,(H,19,20,23)/t13-/m0/s1. The second kappa shape index (κ2) is 9.96. The molecular formula is C17H23ClN4O4S3. The summed E-state index contributed by atoms with van der Waals surface area (Å²) in [5, 5.41) is 11.6. The SMILES string of the molecule is CC[C@@H](C(=O)Nc1nnc(SC(C)C)s1)N(c1ccc(OC)c(Cl)c1)S(C)(=O)=O. The van der Waals surface area contributed by atoms with Crippen molar-refractivity contribution in [3.05, 3.63) is 23.2 Å². The highest BCUT2D eigenvalue weighted by atomic mass is 35.5. The van der Waals surface area contributed by atoms with Gasteiger partial charge < -0.3 is 4.74 Å². The van der Waals surface area contributed by atoms with Gasteiger partial charge in [0.1, 0.15) is 11.8 Å². The van der Waals surface area contributed by atoms with Gasteiger partial charge in [-0.3, -0.25) is 14.4 Å². The fourth-order valence-electron chi connectivity index (χ4n) is 2.55. The Bertz CT molecular complexity index is 965. The van der Waals surface area contributed by atoms with Gasteiger partial charge in [0.05, 0.1) is 24.1 Å². The van der Waals surface area contributed by atoms with E-state index in [0.717, 1.165) is 14.9 Å². The lowest BCUT2D eigenvalue weighted by atomic mass is 10.2. The number of hydrogen-bond donors (Lipinski definition) is 1. The molecule has 0 spiro atoms. The molecule has 8 nitrogen and oxygen atoms in total. The highest BCUT2D eigenvalue weighted by Crippen LogP contribution is 2.33. The molecule has 12 heteroatoms. The number of hydrogen-bond acceptors (Lipinski definition) is 8. The molecule has 0 radical (unpaired) electrons. The van der Waals surface area contributed by atoms with Crippen LogP contribution in [0.25, 0.3) is 0 Å². The number of thioether (sulfide) groups is 1. The molecule has 1 atom stereocenters. The Balaban J connectivity index is 2.32. The van der Waals surface area contributed by atoms with Crippen LogP contribution in [0.3, 0.4) is 0 Å². The number of carbonyl (C=O) groups is 1. The molecule has 29 heavy (non-hydrogen) atoms. The molecule has 1 heterocycles. The van der Waals surface area contributed by atoms with Gasteiger partial charge in [-0.2, -0.15) is 0 Å². The maximum atomic E-state index is 12.9. The minimum absolute atomic E-state index is 0.244. The van der Waals surface area contributed by atoms with E-state index in [0.29, 0.717) is 16.1 Å². The minimum atomic E-state index is -3.78. The van der Waals surface area contributed by atoms with Crippen molar-refractivity contribution in [3.8, 4) is 5.75 Å². The van der Waals surface area contributed by atoms with E-state index in [2.05, 4.69) is 15.5 Å². The second-order valence-electron chi connectivity index (χ2n) is 6.33. The molecule has 160 valence electrons. The Labute approximate surface area is 184 Å². The molecule has 0 unspecified atom stereocenters. The average molecular weight is 479 g/mol. The number of anilines is 2. The number of methoxy groups -OCH3 is 1. The number of halogens is 1. The molecule has 1 aromatic heterocycles. The summed E-state index contributed by atoms with van der Waals surface area (Å²) in [4.78, 5) is 12.9. The first kappa shape index (κ1) is 23.7. The van der Waals surface area contributed by atoms with Crippen molar-refractivity contribution in [1.29, 1.82) is 0 Å². The summed E-state index contributed by atoms with van der Waals surface area (Å²) < 4.78 is 31.9. The molecule has 1 N–H and O–H groups in total. The van der Waals surface area contributed by atoms with Crippen LogP contribution in [0.4, 0.5) is 10.8 Å². The molecular weight excluding hydrogens is 456 g/mol. The van der Waals surface area contributed by atoms with E-state index in [1.54, 1.807) is 19.1 Å². The third kappa shape index (κ3) is 6.21. The van der Waals surface area contributed by atoms with Gasteiger partial charge in [0.15, 0.2) is 4.34 Å². The third-order valence-corrected chi connectivity index (χ3v) is 7.09. The molecule has 0 fully saturated rings. The van der Waals surface area contributed by atoms with Gasteiger partial charge in [-0.05, 0) is 24.6 Å². The summed E-state index contributed by atoms with van der Waals surface area (Å²) in [5.74, 6) is -0.0903. The number of nitrogens with one attached hydrogen (secondary N) is 1. The highest BCUT2D eigenvalue weighted by Gasteiger charge is 2.32. The van der Waals surface area contributed by atoms with Crippen molar-refractivity contribution in [1.82, 2.24) is 10.2 Å². The van der Waals surface area contributed by atoms with Gasteiger partial charge in [0.25, 0.3) is 0 Å². The van der Waals surface area contributed by atoms with E-state index in [4.69, 9.17) is 16.3 Å². The number of benzene rings is 1. The van der Waals surface area contributed by atoms with Crippen molar-refractivity contribution in [2.24, 2.45) is 0 Å². The Morgan fingerprint density at radius 3 is 2.59 bits per heavy atom. The zero-order valence-electron chi connectivity index (χ0n) is 16.7. The van der Waals surface area contributed by atoms with Crippen molar-refractivity contribution >= 4 is 61.4 Å². The molecule has 0 saturated heterocycles. The lowest BCUT2D eigenvalue weighted by Gasteiger charge is -2.30. The van der Waals surface area contributed by atoms with Gasteiger partial charge in [0, 0.05) is 5.25 Å². The van der Waals surface area contributed by atoms with Crippen LogP contribution in [0.5, 0.6) is 5.75 Å². The number of rotatable bonds is 9.